The van der Waals surface area contributed by atoms with Gasteiger partial charge in [0.2, 0.25) is 5.91 Å². The lowest BCUT2D eigenvalue weighted by atomic mass is 9.82. The smallest absolute Gasteiger partial charge is 0.244 e. The Bertz CT molecular complexity index is 870. The van der Waals surface area contributed by atoms with Gasteiger partial charge in [-0.25, -0.2) is 0 Å². The standard InChI is InChI=1S/C29H43NO5/c1-6-20(2)15-22(4)17-23(5)16-21(3)11-9-7-8-10-12-27(33)30-24(19-31)18-29(34)26(32)14-13-25-28(29)35-25/h7-15,20-21,23-25,28,31,34H,6,16-19H2,1-5H3,(H,30,33)/b8-7+,11-9+,12-10+,22-15+/t20-,21-,23+,24+,25+,28+,29-/m1/s1. The molecule has 194 valence electrons. The Morgan fingerprint density at radius 2 is 1.91 bits per heavy atom. The van der Waals surface area contributed by atoms with Crippen LogP contribution in [0.15, 0.2) is 60.3 Å². The van der Waals surface area contributed by atoms with Crippen molar-refractivity contribution in [3.05, 3.63) is 60.3 Å². The van der Waals surface area contributed by atoms with Gasteiger partial charge in [-0.1, -0.05) is 76.1 Å². The van der Waals surface area contributed by atoms with Gasteiger partial charge in [0.25, 0.3) is 0 Å². The van der Waals surface area contributed by atoms with Gasteiger partial charge in [0.05, 0.1) is 12.6 Å². The molecule has 0 aromatic heterocycles. The van der Waals surface area contributed by atoms with Gasteiger partial charge >= 0.3 is 0 Å². The van der Waals surface area contributed by atoms with Crippen molar-refractivity contribution in [2.45, 2.75) is 84.2 Å². The van der Waals surface area contributed by atoms with Crippen LogP contribution in [0.3, 0.4) is 0 Å². The number of hydrogen-bond acceptors (Lipinski definition) is 5. The molecule has 2 rings (SSSR count). The zero-order valence-corrected chi connectivity index (χ0v) is 21.8. The summed E-state index contributed by atoms with van der Waals surface area (Å²) in [5.41, 5.74) is -0.248. The highest BCUT2D eigenvalue weighted by Crippen LogP contribution is 2.40. The minimum absolute atomic E-state index is 0.102. The van der Waals surface area contributed by atoms with E-state index < -0.39 is 36.0 Å². The van der Waals surface area contributed by atoms with Crippen LogP contribution in [0, 0.1) is 17.8 Å². The Hall–Kier alpha value is -2.28. The summed E-state index contributed by atoms with van der Waals surface area (Å²) in [7, 11) is 0. The van der Waals surface area contributed by atoms with Gasteiger partial charge in [-0.3, -0.25) is 9.59 Å². The van der Waals surface area contributed by atoms with Crippen LogP contribution in [0.2, 0.25) is 0 Å². The van der Waals surface area contributed by atoms with Crippen LogP contribution in [-0.4, -0.2) is 52.4 Å². The molecule has 0 aromatic carbocycles. The average Bonchev–Trinajstić information content (AvgIpc) is 3.59. The molecule has 35 heavy (non-hydrogen) atoms. The summed E-state index contributed by atoms with van der Waals surface area (Å²) < 4.78 is 5.31. The van der Waals surface area contributed by atoms with Gasteiger partial charge in [0.1, 0.15) is 12.2 Å². The van der Waals surface area contributed by atoms with E-state index in [0.717, 1.165) is 12.8 Å². The molecule has 1 heterocycles. The Morgan fingerprint density at radius 1 is 1.20 bits per heavy atom. The highest BCUT2D eigenvalue weighted by Gasteiger charge is 2.59. The van der Waals surface area contributed by atoms with Crippen molar-refractivity contribution in [2.75, 3.05) is 6.61 Å². The lowest BCUT2D eigenvalue weighted by molar-refractivity contribution is -0.137. The maximum Gasteiger partial charge on any atom is 0.244 e. The molecule has 0 unspecified atom stereocenters. The van der Waals surface area contributed by atoms with E-state index in [0.29, 0.717) is 17.8 Å². The second-order valence-electron chi connectivity index (χ2n) is 10.3. The van der Waals surface area contributed by atoms with Gasteiger partial charge in [0.15, 0.2) is 11.4 Å². The van der Waals surface area contributed by atoms with E-state index in [-0.39, 0.29) is 12.5 Å². The van der Waals surface area contributed by atoms with Gasteiger partial charge in [0, 0.05) is 12.5 Å². The van der Waals surface area contributed by atoms with Crippen molar-refractivity contribution < 1.29 is 24.5 Å². The molecule has 1 amide bonds. The molecule has 1 aliphatic carbocycles. The van der Waals surface area contributed by atoms with Crippen molar-refractivity contribution in [3.63, 3.8) is 0 Å². The van der Waals surface area contributed by atoms with Crippen molar-refractivity contribution in [1.29, 1.82) is 0 Å². The van der Waals surface area contributed by atoms with Crippen LogP contribution in [0.4, 0.5) is 0 Å². The molecule has 2 aliphatic rings. The first-order chi connectivity index (χ1) is 16.6. The summed E-state index contributed by atoms with van der Waals surface area (Å²) in [6.45, 7) is 10.8. The number of ketones is 1. The molecule has 0 bridgehead atoms. The van der Waals surface area contributed by atoms with Gasteiger partial charge < -0.3 is 20.3 Å². The van der Waals surface area contributed by atoms with E-state index in [9.17, 15) is 19.8 Å². The second kappa shape index (κ2) is 13.7. The summed E-state index contributed by atoms with van der Waals surface area (Å²) in [5, 5.41) is 22.9. The molecule has 6 heteroatoms. The number of aliphatic hydroxyl groups is 2. The predicted molar refractivity (Wildman–Crippen MR) is 140 cm³/mol. The van der Waals surface area contributed by atoms with Crippen LogP contribution in [-0.2, 0) is 14.3 Å². The number of fused-ring (bicyclic) bond motifs is 1. The summed E-state index contributed by atoms with van der Waals surface area (Å²) in [6, 6.07) is -0.757. The molecule has 1 aliphatic heterocycles. The number of carbonyl (C=O) groups excluding carboxylic acids is 2. The zero-order chi connectivity index (χ0) is 26.0. The van der Waals surface area contributed by atoms with Crippen LogP contribution in [0.5, 0.6) is 0 Å². The third-order valence-electron chi connectivity index (χ3n) is 6.66. The van der Waals surface area contributed by atoms with Gasteiger partial charge in [-0.05, 0) is 49.7 Å². The van der Waals surface area contributed by atoms with Crippen LogP contribution < -0.4 is 5.32 Å². The minimum Gasteiger partial charge on any atom is -0.394 e. The van der Waals surface area contributed by atoms with Crippen LogP contribution in [0.1, 0.15) is 60.3 Å². The SMILES string of the molecule is CC[C@@H](C)/C=C(\C)C[C@@H](C)C[C@H](C)/C=C/C=C/C=C/C(=O)N[C@H](CO)C[C@@]1(O)C(=O)C=C[C@@H]2O[C@@H]21. The third kappa shape index (κ3) is 9.36. The molecule has 0 radical (unpaired) electrons. The number of hydrogen-bond donors (Lipinski definition) is 3. The predicted octanol–water partition coefficient (Wildman–Crippen LogP) is 4.20. The minimum atomic E-state index is -1.72. The largest absolute Gasteiger partial charge is 0.394 e. The van der Waals surface area contributed by atoms with Crippen molar-refractivity contribution in [2.24, 2.45) is 17.8 Å². The van der Waals surface area contributed by atoms with E-state index >= 15 is 0 Å². The molecule has 0 saturated carbocycles. The number of carbonyl (C=O) groups is 2. The molecule has 6 nitrogen and oxygen atoms in total. The number of amides is 1. The van der Waals surface area contributed by atoms with Crippen molar-refractivity contribution in [1.82, 2.24) is 5.32 Å². The number of nitrogens with one attached hydrogen (secondary N) is 1. The summed E-state index contributed by atoms with van der Waals surface area (Å²) in [5.74, 6) is 0.852. The lowest BCUT2D eigenvalue weighted by Crippen LogP contribution is -2.52. The Balaban J connectivity index is 1.73. The molecule has 1 saturated heterocycles. The highest BCUT2D eigenvalue weighted by atomic mass is 16.6. The number of aliphatic hydroxyl groups excluding tert-OH is 1. The zero-order valence-electron chi connectivity index (χ0n) is 21.8. The van der Waals surface area contributed by atoms with Crippen LogP contribution >= 0.6 is 0 Å². The highest BCUT2D eigenvalue weighted by molar-refractivity contribution is 5.99. The summed E-state index contributed by atoms with van der Waals surface area (Å²) >= 11 is 0. The fourth-order valence-electron chi connectivity index (χ4n) is 4.67. The van der Waals surface area contributed by atoms with Crippen molar-refractivity contribution in [3.8, 4) is 0 Å². The fraction of sp³-hybridized carbons (Fsp3) is 0.586. The summed E-state index contributed by atoms with van der Waals surface area (Å²) in [6.07, 6.45) is 18.5. The van der Waals surface area contributed by atoms with E-state index in [1.807, 2.05) is 12.2 Å². The van der Waals surface area contributed by atoms with Gasteiger partial charge in [-0.15, -0.1) is 0 Å². The fourth-order valence-corrected chi connectivity index (χ4v) is 4.67. The first-order valence-electron chi connectivity index (χ1n) is 12.8. The van der Waals surface area contributed by atoms with Crippen LogP contribution in [0.25, 0.3) is 0 Å². The molecule has 7 atom stereocenters. The Labute approximate surface area is 210 Å². The lowest BCUT2D eigenvalue weighted by Gasteiger charge is -2.29. The maximum atomic E-state index is 12.2. The average molecular weight is 486 g/mol. The van der Waals surface area contributed by atoms with E-state index in [1.54, 1.807) is 18.2 Å². The van der Waals surface area contributed by atoms with E-state index in [2.05, 4.69) is 52.1 Å². The topological polar surface area (TPSA) is 99.2 Å². The molecular weight excluding hydrogens is 442 g/mol. The number of ether oxygens (including phenoxy) is 1. The first kappa shape index (κ1) is 29.0. The van der Waals surface area contributed by atoms with Crippen molar-refractivity contribution >= 4 is 11.7 Å². The van der Waals surface area contributed by atoms with E-state index in [4.69, 9.17) is 4.74 Å². The van der Waals surface area contributed by atoms with Gasteiger partial charge in [-0.2, -0.15) is 0 Å². The molecule has 0 aromatic rings. The molecule has 1 fully saturated rings. The monoisotopic (exact) mass is 485 g/mol. The number of allylic oxidation sites excluding steroid dienone is 7. The maximum absolute atomic E-state index is 12.2. The Kier molecular flexibility index (Phi) is 11.3. The molecule has 0 spiro atoms. The summed E-state index contributed by atoms with van der Waals surface area (Å²) in [4.78, 5) is 24.3. The first-order valence-corrected chi connectivity index (χ1v) is 12.8. The second-order valence-corrected chi connectivity index (χ2v) is 10.3. The Morgan fingerprint density at radius 3 is 2.60 bits per heavy atom. The normalized spacial score (nSPS) is 27.9. The molecular formula is C29H43NO5. The number of rotatable bonds is 14. The molecule has 3 N–H and O–H groups in total. The quantitative estimate of drug-likeness (QED) is 0.148. The van der Waals surface area contributed by atoms with E-state index in [1.165, 1.54) is 24.1 Å². The number of epoxide rings is 1. The third-order valence-corrected chi connectivity index (χ3v) is 6.66.